The van der Waals surface area contributed by atoms with E-state index in [4.69, 9.17) is 32.0 Å². The number of ether oxygens (including phenoxy) is 1. The molecular weight excluding hydrogens is 495 g/mol. The van der Waals surface area contributed by atoms with Crippen molar-refractivity contribution in [3.05, 3.63) is 63.1 Å². The van der Waals surface area contributed by atoms with E-state index in [0.717, 1.165) is 24.8 Å². The van der Waals surface area contributed by atoms with Crippen molar-refractivity contribution in [1.82, 2.24) is 14.5 Å². The third kappa shape index (κ3) is 4.62. The topological polar surface area (TPSA) is 98.6 Å². The minimum Gasteiger partial charge on any atom is -0.404 e. The molecule has 8 nitrogen and oxygen atoms in total. The number of aryl methyl sites for hydroxylation is 1. The highest BCUT2D eigenvalue weighted by atomic mass is 35.5. The Bertz CT molecular complexity index is 1500. The summed E-state index contributed by atoms with van der Waals surface area (Å²) >= 11 is 6.02. The largest absolute Gasteiger partial charge is 0.404 e. The molecule has 10 heteroatoms. The van der Waals surface area contributed by atoms with Crippen LogP contribution in [0.2, 0.25) is 5.02 Å². The zero-order chi connectivity index (χ0) is 25.7. The minimum atomic E-state index is -0.515. The first-order valence-electron chi connectivity index (χ1n) is 12.7. The molecule has 0 bridgehead atoms. The van der Waals surface area contributed by atoms with Crippen LogP contribution in [0, 0.1) is 5.82 Å². The third-order valence-electron chi connectivity index (χ3n) is 7.11. The highest BCUT2D eigenvalue weighted by Gasteiger charge is 2.30. The van der Waals surface area contributed by atoms with Gasteiger partial charge in [0.25, 0.3) is 5.56 Å². The number of aromatic nitrogens is 3. The van der Waals surface area contributed by atoms with Crippen LogP contribution in [0.15, 0.2) is 45.8 Å². The molecule has 192 valence electrons. The number of pyridine rings is 1. The number of halogens is 2. The molecule has 2 aliphatic heterocycles. The molecule has 1 saturated heterocycles. The van der Waals surface area contributed by atoms with Crippen molar-refractivity contribution in [2.75, 3.05) is 18.0 Å². The van der Waals surface area contributed by atoms with Gasteiger partial charge in [-0.15, -0.1) is 0 Å². The van der Waals surface area contributed by atoms with Gasteiger partial charge in [0, 0.05) is 48.1 Å². The van der Waals surface area contributed by atoms with Gasteiger partial charge in [-0.2, -0.15) is 0 Å². The van der Waals surface area contributed by atoms with Crippen LogP contribution in [0.4, 0.5) is 10.2 Å². The second kappa shape index (κ2) is 9.54. The van der Waals surface area contributed by atoms with E-state index in [-0.39, 0.29) is 28.4 Å². The Morgan fingerprint density at radius 3 is 2.86 bits per heavy atom. The molecular formula is C27H28ClFN6O2. The fourth-order valence-corrected chi connectivity index (χ4v) is 5.23. The number of nitrogens with two attached hydrogens (primary N) is 1. The van der Waals surface area contributed by atoms with Gasteiger partial charge in [-0.05, 0) is 50.5 Å². The van der Waals surface area contributed by atoms with Crippen molar-refractivity contribution < 1.29 is 9.13 Å². The Morgan fingerprint density at radius 1 is 1.27 bits per heavy atom. The SMILES string of the molecule is CC1CN(c2cc3c(=O)n4c(nc3c(-c3ccc(Cl)cc3F)n2)CCC4)CC(/C(C=NC2CC2)=C/N)O1. The van der Waals surface area contributed by atoms with E-state index < -0.39 is 5.82 Å². The summed E-state index contributed by atoms with van der Waals surface area (Å²) in [5, 5.41) is 0.704. The third-order valence-corrected chi connectivity index (χ3v) is 7.34. The summed E-state index contributed by atoms with van der Waals surface area (Å²) in [6.45, 7) is 3.62. The van der Waals surface area contributed by atoms with Gasteiger partial charge in [0.15, 0.2) is 0 Å². The molecule has 1 aromatic carbocycles. The fourth-order valence-electron chi connectivity index (χ4n) is 5.07. The van der Waals surface area contributed by atoms with Crippen LogP contribution in [0.3, 0.4) is 0 Å². The monoisotopic (exact) mass is 522 g/mol. The maximum absolute atomic E-state index is 15.1. The smallest absolute Gasteiger partial charge is 0.261 e. The van der Waals surface area contributed by atoms with Crippen LogP contribution in [0.1, 0.15) is 32.0 Å². The second-order valence-corrected chi connectivity index (χ2v) is 10.4. The van der Waals surface area contributed by atoms with Crippen molar-refractivity contribution in [3.8, 4) is 11.3 Å². The van der Waals surface area contributed by atoms with E-state index in [2.05, 4.69) is 9.89 Å². The average Bonchev–Trinajstić information content (AvgIpc) is 3.58. The molecule has 1 saturated carbocycles. The minimum absolute atomic E-state index is 0.129. The standard InChI is InChI=1S/C27H28ClFN6O2/c1-15-13-34(14-22(37-15)16(11-30)12-31-18-5-6-18)24-10-20-26(32-23-3-2-8-35(23)27(20)36)25(33-24)19-7-4-17(28)9-21(19)29/h4,7,9-12,15,18,22H,2-3,5-6,8,13-14,30H2,1H3/b16-11+,31-12?. The summed E-state index contributed by atoms with van der Waals surface area (Å²) in [5.41, 5.74) is 7.59. The Hall–Kier alpha value is -3.30. The summed E-state index contributed by atoms with van der Waals surface area (Å²) in [5.74, 6) is 0.749. The van der Waals surface area contributed by atoms with E-state index in [1.807, 2.05) is 6.92 Å². The van der Waals surface area contributed by atoms with Gasteiger partial charge in [0.05, 0.1) is 24.1 Å². The van der Waals surface area contributed by atoms with E-state index in [1.54, 1.807) is 29.0 Å². The summed E-state index contributed by atoms with van der Waals surface area (Å²) in [6.07, 6.45) is 6.65. The summed E-state index contributed by atoms with van der Waals surface area (Å²) in [6, 6.07) is 6.59. The molecule has 0 spiro atoms. The highest BCUT2D eigenvalue weighted by molar-refractivity contribution is 6.30. The quantitative estimate of drug-likeness (QED) is 0.511. The lowest BCUT2D eigenvalue weighted by Crippen LogP contribution is -2.48. The fraction of sp³-hybridized carbons (Fsp3) is 0.407. The molecule has 6 rings (SSSR count). The maximum Gasteiger partial charge on any atom is 0.261 e. The van der Waals surface area contributed by atoms with Gasteiger partial charge in [-0.1, -0.05) is 11.6 Å². The molecule has 2 fully saturated rings. The first kappa shape index (κ1) is 24.1. The molecule has 2 N–H and O–H groups in total. The number of aliphatic imine (C=N–C) groups is 1. The predicted molar refractivity (Wildman–Crippen MR) is 143 cm³/mol. The summed E-state index contributed by atoms with van der Waals surface area (Å²) < 4.78 is 23.0. The van der Waals surface area contributed by atoms with E-state index in [1.165, 1.54) is 12.3 Å². The van der Waals surface area contributed by atoms with Crippen LogP contribution in [0.25, 0.3) is 22.2 Å². The molecule has 2 atom stereocenters. The van der Waals surface area contributed by atoms with Crippen LogP contribution >= 0.6 is 11.6 Å². The lowest BCUT2D eigenvalue weighted by molar-refractivity contribution is 0.00692. The Labute approximate surface area is 218 Å². The maximum atomic E-state index is 15.1. The number of anilines is 1. The van der Waals surface area contributed by atoms with Crippen molar-refractivity contribution in [1.29, 1.82) is 0 Å². The summed E-state index contributed by atoms with van der Waals surface area (Å²) in [7, 11) is 0. The number of fused-ring (bicyclic) bond motifs is 2. The van der Waals surface area contributed by atoms with Crippen molar-refractivity contribution in [2.24, 2.45) is 10.7 Å². The second-order valence-electron chi connectivity index (χ2n) is 9.95. The Morgan fingerprint density at radius 2 is 2.11 bits per heavy atom. The molecule has 4 heterocycles. The van der Waals surface area contributed by atoms with E-state index in [0.29, 0.717) is 60.3 Å². The van der Waals surface area contributed by atoms with Gasteiger partial charge < -0.3 is 15.4 Å². The molecule has 2 unspecified atom stereocenters. The van der Waals surface area contributed by atoms with Crippen LogP contribution in [-0.2, 0) is 17.7 Å². The first-order valence-corrected chi connectivity index (χ1v) is 13.0. The van der Waals surface area contributed by atoms with Gasteiger partial charge in [0.1, 0.15) is 34.8 Å². The van der Waals surface area contributed by atoms with Gasteiger partial charge in [-0.3, -0.25) is 14.4 Å². The van der Waals surface area contributed by atoms with Crippen LogP contribution in [0.5, 0.6) is 0 Å². The molecule has 2 aromatic heterocycles. The number of hydrogen-bond donors (Lipinski definition) is 1. The van der Waals surface area contributed by atoms with Crippen LogP contribution < -0.4 is 16.2 Å². The lowest BCUT2D eigenvalue weighted by Gasteiger charge is -2.38. The number of morpholine rings is 1. The van der Waals surface area contributed by atoms with Gasteiger partial charge in [-0.25, -0.2) is 14.4 Å². The first-order chi connectivity index (χ1) is 17.9. The lowest BCUT2D eigenvalue weighted by atomic mass is 10.1. The van der Waals surface area contributed by atoms with Crippen LogP contribution in [-0.4, -0.2) is 52.1 Å². The van der Waals surface area contributed by atoms with E-state index >= 15 is 4.39 Å². The number of rotatable bonds is 5. The normalized spacial score (nSPS) is 22.2. The Kier molecular flexibility index (Phi) is 6.20. The van der Waals surface area contributed by atoms with Crippen molar-refractivity contribution in [3.63, 3.8) is 0 Å². The molecule has 3 aliphatic rings. The van der Waals surface area contributed by atoms with Gasteiger partial charge >= 0.3 is 0 Å². The zero-order valence-electron chi connectivity index (χ0n) is 20.5. The van der Waals surface area contributed by atoms with Crippen molar-refractivity contribution in [2.45, 2.75) is 57.4 Å². The molecule has 0 radical (unpaired) electrons. The highest BCUT2D eigenvalue weighted by Crippen LogP contribution is 2.33. The predicted octanol–water partition coefficient (Wildman–Crippen LogP) is 3.87. The number of benzene rings is 1. The van der Waals surface area contributed by atoms with Crippen molar-refractivity contribution >= 4 is 34.5 Å². The summed E-state index contributed by atoms with van der Waals surface area (Å²) in [4.78, 5) is 29.8. The molecule has 37 heavy (non-hydrogen) atoms. The zero-order valence-corrected chi connectivity index (χ0v) is 21.3. The Balaban J connectivity index is 1.47. The average molecular weight is 523 g/mol. The number of hydrogen-bond acceptors (Lipinski definition) is 7. The molecule has 3 aromatic rings. The molecule has 1 aliphatic carbocycles. The molecule has 0 amide bonds. The van der Waals surface area contributed by atoms with E-state index in [9.17, 15) is 4.79 Å². The number of nitrogens with zero attached hydrogens (tertiary/aromatic N) is 5. The van der Waals surface area contributed by atoms with Gasteiger partial charge in [0.2, 0.25) is 0 Å².